The molecule has 1 amide bonds. The third-order valence-corrected chi connectivity index (χ3v) is 5.68. The summed E-state index contributed by atoms with van der Waals surface area (Å²) in [7, 11) is 0. The van der Waals surface area contributed by atoms with Crippen molar-refractivity contribution in [3.8, 4) is 5.69 Å². The normalized spacial score (nSPS) is 13.0. The first-order valence-electron chi connectivity index (χ1n) is 10.3. The predicted octanol–water partition coefficient (Wildman–Crippen LogP) is 4.90. The number of nitrogens with zero attached hydrogens (tertiary/aromatic N) is 2. The van der Waals surface area contributed by atoms with Crippen molar-refractivity contribution in [2.45, 2.75) is 51.6 Å². The number of benzene rings is 2. The standard InChI is InChI=1S/C24H26N2O3/c27-23(14-6-1-2-7-15-24(28)29)25-16-20-19-12-8-9-13-21(19)26(22(20)17-25)18-10-4-3-5-11-18/h3-5,8-13H,1-2,6-7,14-17H2,(H,28,29). The Hall–Kier alpha value is -3.08. The van der Waals surface area contributed by atoms with Crippen LogP contribution < -0.4 is 0 Å². The molecule has 0 aliphatic carbocycles. The summed E-state index contributed by atoms with van der Waals surface area (Å²) in [4.78, 5) is 25.3. The number of aliphatic carboxylic acids is 1. The number of unbranched alkanes of at least 4 members (excludes halogenated alkanes) is 3. The summed E-state index contributed by atoms with van der Waals surface area (Å²) in [6, 6.07) is 18.7. The predicted molar refractivity (Wildman–Crippen MR) is 113 cm³/mol. The first-order valence-corrected chi connectivity index (χ1v) is 10.3. The third kappa shape index (κ3) is 4.04. The smallest absolute Gasteiger partial charge is 0.303 e. The number of aromatic nitrogens is 1. The number of fused-ring (bicyclic) bond motifs is 3. The number of rotatable bonds is 8. The Bertz CT molecular complexity index is 1020. The number of para-hydroxylation sites is 2. The highest BCUT2D eigenvalue weighted by Crippen LogP contribution is 2.35. The molecule has 1 aliphatic heterocycles. The van der Waals surface area contributed by atoms with Gasteiger partial charge >= 0.3 is 5.97 Å². The summed E-state index contributed by atoms with van der Waals surface area (Å²) in [5.41, 5.74) is 4.76. The number of hydrogen-bond donors (Lipinski definition) is 1. The lowest BCUT2D eigenvalue weighted by Crippen LogP contribution is -2.25. The van der Waals surface area contributed by atoms with Gasteiger partial charge in [-0.05, 0) is 31.0 Å². The van der Waals surface area contributed by atoms with E-state index in [2.05, 4.69) is 41.0 Å². The fourth-order valence-electron chi connectivity index (χ4n) is 4.24. The minimum atomic E-state index is -0.748. The molecule has 1 N–H and O–H groups in total. The summed E-state index contributed by atoms with van der Waals surface area (Å²) >= 11 is 0. The molecule has 1 aromatic heterocycles. The van der Waals surface area contributed by atoms with Gasteiger partial charge in [0.15, 0.2) is 0 Å². The third-order valence-electron chi connectivity index (χ3n) is 5.68. The summed E-state index contributed by atoms with van der Waals surface area (Å²) in [5, 5.41) is 9.90. The molecule has 5 nitrogen and oxygen atoms in total. The summed E-state index contributed by atoms with van der Waals surface area (Å²) in [5.74, 6) is -0.565. The molecule has 150 valence electrons. The van der Waals surface area contributed by atoms with Crippen molar-refractivity contribution < 1.29 is 14.7 Å². The molecule has 5 heteroatoms. The molecule has 29 heavy (non-hydrogen) atoms. The number of hydrogen-bond acceptors (Lipinski definition) is 2. The highest BCUT2D eigenvalue weighted by atomic mass is 16.4. The Balaban J connectivity index is 1.46. The Labute approximate surface area is 170 Å². The van der Waals surface area contributed by atoms with Gasteiger partial charge in [-0.1, -0.05) is 49.2 Å². The maximum absolute atomic E-state index is 12.8. The van der Waals surface area contributed by atoms with Crippen LogP contribution in [0.1, 0.15) is 49.8 Å². The molecule has 0 saturated heterocycles. The molecule has 0 bridgehead atoms. The second kappa shape index (κ2) is 8.52. The maximum atomic E-state index is 12.8. The number of carbonyl (C=O) groups is 2. The van der Waals surface area contributed by atoms with Crippen molar-refractivity contribution in [2.24, 2.45) is 0 Å². The molecule has 1 aliphatic rings. The highest BCUT2D eigenvalue weighted by molar-refractivity contribution is 5.89. The molecule has 0 atom stereocenters. The van der Waals surface area contributed by atoms with Crippen LogP contribution in [0, 0.1) is 0 Å². The second-order valence-electron chi connectivity index (χ2n) is 7.67. The molecule has 0 saturated carbocycles. The molecule has 3 aromatic rings. The maximum Gasteiger partial charge on any atom is 0.303 e. The monoisotopic (exact) mass is 390 g/mol. The molecule has 0 spiro atoms. The van der Waals surface area contributed by atoms with Gasteiger partial charge in [-0.3, -0.25) is 9.59 Å². The average molecular weight is 390 g/mol. The van der Waals surface area contributed by atoms with E-state index in [0.29, 0.717) is 25.9 Å². The lowest BCUT2D eigenvalue weighted by Gasteiger charge is -2.17. The van der Waals surface area contributed by atoms with Gasteiger partial charge in [-0.2, -0.15) is 0 Å². The van der Waals surface area contributed by atoms with Crippen LogP contribution in [0.3, 0.4) is 0 Å². The van der Waals surface area contributed by atoms with E-state index in [1.807, 2.05) is 23.1 Å². The quantitative estimate of drug-likeness (QED) is 0.557. The van der Waals surface area contributed by atoms with Crippen LogP contribution in [-0.4, -0.2) is 26.5 Å². The summed E-state index contributed by atoms with van der Waals surface area (Å²) in [6.07, 6.45) is 4.01. The van der Waals surface area contributed by atoms with Gasteiger partial charge in [0.25, 0.3) is 0 Å². The summed E-state index contributed by atoms with van der Waals surface area (Å²) in [6.45, 7) is 1.30. The molecular formula is C24H26N2O3. The largest absolute Gasteiger partial charge is 0.481 e. The lowest BCUT2D eigenvalue weighted by molar-refractivity contribution is -0.137. The zero-order valence-corrected chi connectivity index (χ0v) is 16.5. The Morgan fingerprint density at radius 2 is 1.52 bits per heavy atom. The molecule has 2 heterocycles. The molecule has 0 radical (unpaired) electrons. The first-order chi connectivity index (χ1) is 14.1. The number of amides is 1. The molecule has 4 rings (SSSR count). The van der Waals surface area contributed by atoms with E-state index in [0.717, 1.165) is 24.9 Å². The molecular weight excluding hydrogens is 364 g/mol. The first kappa shape index (κ1) is 19.2. The molecule has 2 aromatic carbocycles. The highest BCUT2D eigenvalue weighted by Gasteiger charge is 2.29. The van der Waals surface area contributed by atoms with E-state index in [1.165, 1.54) is 22.2 Å². The lowest BCUT2D eigenvalue weighted by atomic mass is 10.1. The zero-order chi connectivity index (χ0) is 20.2. The van der Waals surface area contributed by atoms with Crippen molar-refractivity contribution in [1.82, 2.24) is 9.47 Å². The van der Waals surface area contributed by atoms with Gasteiger partial charge in [-0.15, -0.1) is 0 Å². The van der Waals surface area contributed by atoms with Crippen LogP contribution in [0.2, 0.25) is 0 Å². The zero-order valence-electron chi connectivity index (χ0n) is 16.5. The van der Waals surface area contributed by atoms with Crippen molar-refractivity contribution in [3.05, 3.63) is 65.9 Å². The van der Waals surface area contributed by atoms with Crippen LogP contribution >= 0.6 is 0 Å². The van der Waals surface area contributed by atoms with Crippen LogP contribution in [0.4, 0.5) is 0 Å². The summed E-state index contributed by atoms with van der Waals surface area (Å²) < 4.78 is 2.28. The topological polar surface area (TPSA) is 62.5 Å². The molecule has 0 fully saturated rings. The van der Waals surface area contributed by atoms with Crippen molar-refractivity contribution in [2.75, 3.05) is 0 Å². The van der Waals surface area contributed by atoms with Gasteiger partial charge in [0.1, 0.15) is 0 Å². The Morgan fingerprint density at radius 1 is 0.828 bits per heavy atom. The van der Waals surface area contributed by atoms with Crippen LogP contribution in [0.5, 0.6) is 0 Å². The Kier molecular flexibility index (Phi) is 5.65. The van der Waals surface area contributed by atoms with Crippen molar-refractivity contribution in [3.63, 3.8) is 0 Å². The van der Waals surface area contributed by atoms with E-state index in [1.54, 1.807) is 0 Å². The number of carboxylic acid groups (broad SMARTS) is 1. The van der Waals surface area contributed by atoms with E-state index in [9.17, 15) is 9.59 Å². The Morgan fingerprint density at radius 3 is 2.28 bits per heavy atom. The van der Waals surface area contributed by atoms with E-state index in [-0.39, 0.29) is 12.3 Å². The van der Waals surface area contributed by atoms with Crippen LogP contribution in [0.15, 0.2) is 54.6 Å². The van der Waals surface area contributed by atoms with Gasteiger partial charge in [0.05, 0.1) is 12.1 Å². The van der Waals surface area contributed by atoms with Crippen molar-refractivity contribution in [1.29, 1.82) is 0 Å². The fourth-order valence-corrected chi connectivity index (χ4v) is 4.24. The van der Waals surface area contributed by atoms with Gasteiger partial charge in [-0.25, -0.2) is 0 Å². The second-order valence-corrected chi connectivity index (χ2v) is 7.67. The fraction of sp³-hybridized carbons (Fsp3) is 0.333. The number of carbonyl (C=O) groups excluding carboxylic acids is 1. The van der Waals surface area contributed by atoms with Gasteiger partial charge in [0, 0.05) is 41.7 Å². The van der Waals surface area contributed by atoms with Crippen molar-refractivity contribution >= 4 is 22.8 Å². The van der Waals surface area contributed by atoms with E-state index < -0.39 is 5.97 Å². The molecule has 0 unspecified atom stereocenters. The number of carboxylic acids is 1. The van der Waals surface area contributed by atoms with Crippen LogP contribution in [-0.2, 0) is 22.7 Å². The van der Waals surface area contributed by atoms with Crippen LogP contribution in [0.25, 0.3) is 16.6 Å². The van der Waals surface area contributed by atoms with E-state index in [4.69, 9.17) is 5.11 Å². The van der Waals surface area contributed by atoms with Gasteiger partial charge in [0.2, 0.25) is 5.91 Å². The average Bonchev–Trinajstić information content (AvgIpc) is 3.28. The SMILES string of the molecule is O=C(O)CCCCCCC(=O)N1Cc2c(n(-c3ccccc3)c3ccccc23)C1. The minimum Gasteiger partial charge on any atom is -0.481 e. The van der Waals surface area contributed by atoms with Gasteiger partial charge < -0.3 is 14.6 Å². The minimum absolute atomic E-state index is 0.183. The van der Waals surface area contributed by atoms with E-state index >= 15 is 0 Å².